The highest BCUT2D eigenvalue weighted by Crippen LogP contribution is 2.33. The molecule has 0 saturated carbocycles. The van der Waals surface area contributed by atoms with E-state index in [1.165, 1.54) is 32.6 Å². The molecule has 0 atom stereocenters. The number of hydrogen-bond acceptors (Lipinski definition) is 0. The fourth-order valence-electron chi connectivity index (χ4n) is 3.16. The van der Waals surface area contributed by atoms with Gasteiger partial charge >= 0.3 is 0 Å². The molecule has 0 N–H and O–H groups in total. The smallest absolute Gasteiger partial charge is 0.0488 e. The number of aryl methyl sites for hydroxylation is 3. The average Bonchev–Trinajstić information content (AvgIpc) is 2.78. The van der Waals surface area contributed by atoms with E-state index >= 15 is 0 Å². The highest BCUT2D eigenvalue weighted by molar-refractivity contribution is 7.79. The van der Waals surface area contributed by atoms with Crippen LogP contribution in [0.3, 0.4) is 0 Å². The van der Waals surface area contributed by atoms with E-state index in [0.717, 1.165) is 5.56 Å². The highest BCUT2D eigenvalue weighted by Gasteiger charge is 2.16. The molecule has 0 amide bonds. The topological polar surface area (TPSA) is 0 Å². The largest absolute Gasteiger partial charge is 0.121 e. The summed E-state index contributed by atoms with van der Waals surface area (Å²) in [5.74, 6) is 0.427. The first-order valence-corrected chi connectivity index (χ1v) is 13.0. The van der Waals surface area contributed by atoms with E-state index in [1.807, 2.05) is 6.07 Å². The minimum Gasteiger partial charge on any atom is -0.121 e. The fourth-order valence-corrected chi connectivity index (χ4v) is 6.17. The van der Waals surface area contributed by atoms with Gasteiger partial charge in [-0.25, -0.2) is 0 Å². The van der Waals surface area contributed by atoms with E-state index in [2.05, 4.69) is 93.6 Å². The van der Waals surface area contributed by atoms with E-state index in [1.54, 1.807) is 12.1 Å². The molecule has 0 nitrogen and oxygen atoms in total. The van der Waals surface area contributed by atoms with Crippen LogP contribution in [0.25, 0.3) is 0 Å². The number of benzene rings is 4. The minimum absolute atomic E-state index is 0.427. The molecule has 4 aromatic carbocycles. The molecule has 4 aromatic rings. The lowest BCUT2D eigenvalue weighted by molar-refractivity contribution is 1.40. The van der Waals surface area contributed by atoms with Gasteiger partial charge < -0.3 is 0 Å². The molecule has 0 bridgehead atoms. The van der Waals surface area contributed by atoms with Gasteiger partial charge in [-0.1, -0.05) is 119 Å². The summed E-state index contributed by atoms with van der Waals surface area (Å²) in [5, 5.41) is 5.50. The van der Waals surface area contributed by atoms with Crippen molar-refractivity contribution < 1.29 is 0 Å². The van der Waals surface area contributed by atoms with Gasteiger partial charge in [0.05, 0.1) is 0 Å². The summed E-state index contributed by atoms with van der Waals surface area (Å²) in [6, 6.07) is 32.2. The van der Waals surface area contributed by atoms with Gasteiger partial charge in [-0.2, -0.15) is 0 Å². The van der Waals surface area contributed by atoms with Crippen molar-refractivity contribution in [1.29, 1.82) is 0 Å². The van der Waals surface area contributed by atoms with Crippen molar-refractivity contribution in [3.63, 3.8) is 0 Å². The third-order valence-corrected chi connectivity index (χ3v) is 8.35. The van der Waals surface area contributed by atoms with Crippen molar-refractivity contribution >= 4 is 58.6 Å². The maximum Gasteiger partial charge on any atom is 0.0488 e. The van der Waals surface area contributed by atoms with Gasteiger partial charge in [-0.15, -0.1) is 11.6 Å². The second-order valence-corrected chi connectivity index (χ2v) is 11.0. The molecule has 0 unspecified atom stereocenters. The molecular formula is C28H26Cl3P. The molecule has 0 aromatic heterocycles. The normalized spacial score (nSPS) is 10.6. The van der Waals surface area contributed by atoms with E-state index in [0.29, 0.717) is 15.9 Å². The molecule has 4 rings (SSSR count). The Morgan fingerprint density at radius 2 is 0.938 bits per heavy atom. The third kappa shape index (κ3) is 6.84. The van der Waals surface area contributed by atoms with Crippen LogP contribution in [-0.2, 0) is 5.88 Å². The summed E-state index contributed by atoms with van der Waals surface area (Å²) in [6.07, 6.45) is 0. The van der Waals surface area contributed by atoms with Gasteiger partial charge in [0.25, 0.3) is 0 Å². The Balaban J connectivity index is 0.000000243. The lowest BCUT2D eigenvalue weighted by atomic mass is 10.2. The van der Waals surface area contributed by atoms with E-state index < -0.39 is 7.92 Å². The number of hydrogen-bond donors (Lipinski definition) is 0. The molecule has 0 aliphatic carbocycles. The van der Waals surface area contributed by atoms with Gasteiger partial charge in [-0.05, 0) is 62.3 Å². The predicted molar refractivity (Wildman–Crippen MR) is 145 cm³/mol. The van der Waals surface area contributed by atoms with Crippen LogP contribution in [0.15, 0.2) is 91.0 Å². The lowest BCUT2D eigenvalue weighted by Gasteiger charge is -2.20. The van der Waals surface area contributed by atoms with Crippen LogP contribution in [-0.4, -0.2) is 0 Å². The first-order valence-electron chi connectivity index (χ1n) is 10.4. The van der Waals surface area contributed by atoms with Crippen molar-refractivity contribution in [2.24, 2.45) is 0 Å². The van der Waals surface area contributed by atoms with Gasteiger partial charge in [0.15, 0.2) is 0 Å². The molecule has 0 radical (unpaired) electrons. The zero-order chi connectivity index (χ0) is 23.1. The fraction of sp³-hybridized carbons (Fsp3) is 0.143. The van der Waals surface area contributed by atoms with Gasteiger partial charge in [0.2, 0.25) is 0 Å². The Bertz CT molecular complexity index is 1030. The molecule has 0 spiro atoms. The summed E-state index contributed by atoms with van der Waals surface area (Å²) in [7, 11) is -0.483. The molecular weight excluding hydrogens is 474 g/mol. The monoisotopic (exact) mass is 498 g/mol. The number of alkyl halides is 1. The van der Waals surface area contributed by atoms with Gasteiger partial charge in [0.1, 0.15) is 0 Å². The Morgan fingerprint density at radius 1 is 0.562 bits per heavy atom. The van der Waals surface area contributed by atoms with Crippen molar-refractivity contribution in [2.75, 3.05) is 0 Å². The van der Waals surface area contributed by atoms with Gasteiger partial charge in [-0.3, -0.25) is 0 Å². The summed E-state index contributed by atoms with van der Waals surface area (Å²) in [4.78, 5) is 0. The first-order chi connectivity index (χ1) is 15.4. The number of halogens is 3. The maximum atomic E-state index is 5.76. The SMILES string of the molecule is Cc1ccc(P(c2ccc(C)cc2)c2ccc(C)cc2)cc1.ClCc1ccc(Cl)cc1Cl. The van der Waals surface area contributed by atoms with Crippen molar-refractivity contribution in [3.05, 3.63) is 123 Å². The van der Waals surface area contributed by atoms with Crippen molar-refractivity contribution in [2.45, 2.75) is 26.7 Å². The zero-order valence-corrected chi connectivity index (χ0v) is 21.6. The average molecular weight is 500 g/mol. The maximum absolute atomic E-state index is 5.76. The molecule has 0 heterocycles. The summed E-state index contributed by atoms with van der Waals surface area (Å²) in [6.45, 7) is 6.43. The van der Waals surface area contributed by atoms with Crippen LogP contribution >= 0.6 is 42.7 Å². The lowest BCUT2D eigenvalue weighted by Crippen LogP contribution is -2.20. The van der Waals surface area contributed by atoms with E-state index in [-0.39, 0.29) is 0 Å². The molecule has 4 heteroatoms. The van der Waals surface area contributed by atoms with Crippen molar-refractivity contribution in [1.82, 2.24) is 0 Å². The Labute approximate surface area is 207 Å². The molecule has 164 valence electrons. The standard InChI is InChI=1S/C21H21P.C7H5Cl3/c1-16-4-10-19(11-5-16)22(20-12-6-17(2)7-13-20)21-14-8-18(3)9-15-21;8-4-5-1-2-6(9)3-7(5)10/h4-15H,1-3H3;1-3H,4H2. The summed E-state index contributed by atoms with van der Waals surface area (Å²) in [5.41, 5.74) is 4.84. The number of rotatable bonds is 4. The van der Waals surface area contributed by atoms with Gasteiger partial charge in [0, 0.05) is 15.9 Å². The minimum atomic E-state index is -0.483. The molecule has 0 aliphatic heterocycles. The molecule has 0 aliphatic rings. The highest BCUT2D eigenvalue weighted by atomic mass is 35.5. The van der Waals surface area contributed by atoms with Crippen LogP contribution in [0.1, 0.15) is 22.3 Å². The van der Waals surface area contributed by atoms with E-state index in [4.69, 9.17) is 34.8 Å². The van der Waals surface area contributed by atoms with Crippen LogP contribution in [0.5, 0.6) is 0 Å². The second kappa shape index (κ2) is 11.9. The summed E-state index contributed by atoms with van der Waals surface area (Å²) < 4.78 is 0. The Kier molecular flexibility index (Phi) is 9.21. The van der Waals surface area contributed by atoms with Crippen LogP contribution < -0.4 is 15.9 Å². The van der Waals surface area contributed by atoms with Crippen LogP contribution in [0, 0.1) is 20.8 Å². The molecule has 32 heavy (non-hydrogen) atoms. The molecule has 0 saturated heterocycles. The van der Waals surface area contributed by atoms with Crippen LogP contribution in [0.2, 0.25) is 10.0 Å². The second-order valence-electron chi connectivity index (χ2n) is 7.71. The Hall–Kier alpha value is -1.82. The zero-order valence-electron chi connectivity index (χ0n) is 18.4. The van der Waals surface area contributed by atoms with Crippen molar-refractivity contribution in [3.8, 4) is 0 Å². The van der Waals surface area contributed by atoms with Crippen LogP contribution in [0.4, 0.5) is 0 Å². The Morgan fingerprint density at radius 3 is 1.25 bits per heavy atom. The quantitative estimate of drug-likeness (QED) is 0.196. The molecule has 0 fully saturated rings. The van der Waals surface area contributed by atoms with E-state index in [9.17, 15) is 0 Å². The predicted octanol–water partition coefficient (Wildman–Crippen LogP) is 8.10. The third-order valence-electron chi connectivity index (χ3n) is 5.04. The first kappa shape index (κ1) is 24.8. The summed E-state index contributed by atoms with van der Waals surface area (Å²) >= 11 is 17.0.